The smallest absolute Gasteiger partial charge is 0.870 e. The fraction of sp³-hybridized carbons (Fsp3) is 0.170. The monoisotopic (exact) mass is 1920 g/mol. The van der Waals surface area contributed by atoms with Crippen molar-refractivity contribution in [2.45, 2.75) is 105 Å². The van der Waals surface area contributed by atoms with E-state index in [1.54, 1.807) is 118 Å². The molecule has 0 atom stereocenters. The van der Waals surface area contributed by atoms with Crippen LogP contribution in [0.4, 0.5) is 0 Å². The Morgan fingerprint density at radius 2 is 0.664 bits per heavy atom. The zero-order chi connectivity index (χ0) is 95.2. The second-order valence-electron chi connectivity index (χ2n) is 32.1. The molecular weight excluding hydrogens is 1820 g/mol. The Bertz CT molecular complexity index is 6780. The molecule has 0 radical (unpaired) electrons. The number of esters is 2. The molecule has 4 aromatic heterocycles. The summed E-state index contributed by atoms with van der Waals surface area (Å²) >= 11 is 3.28. The van der Waals surface area contributed by atoms with Crippen molar-refractivity contribution in [3.05, 3.63) is 363 Å². The molecule has 0 spiro atoms. The van der Waals surface area contributed by atoms with Gasteiger partial charge < -0.3 is 94.0 Å². The van der Waals surface area contributed by atoms with Crippen molar-refractivity contribution in [1.29, 1.82) is 16.2 Å². The van der Waals surface area contributed by atoms with Gasteiger partial charge in [0.15, 0.2) is 0 Å². The molecule has 27 nitrogen and oxygen atoms in total. The van der Waals surface area contributed by atoms with E-state index in [1.807, 2.05) is 216 Å². The number of primary amides is 1. The van der Waals surface area contributed by atoms with Gasteiger partial charge in [-0.2, -0.15) is 0 Å². The van der Waals surface area contributed by atoms with Crippen LogP contribution in [-0.4, -0.2) is 94.5 Å². The van der Waals surface area contributed by atoms with E-state index >= 15 is 0 Å². The van der Waals surface area contributed by atoms with Gasteiger partial charge in [-0.3, -0.25) is 40.2 Å². The number of carbonyl (C=O) groups excluding carboxylic acids is 3. The molecule has 16 aromatic rings. The second kappa shape index (κ2) is 48.3. The van der Waals surface area contributed by atoms with E-state index in [-0.39, 0.29) is 105 Å². The van der Waals surface area contributed by atoms with E-state index in [0.29, 0.717) is 82.8 Å². The first-order chi connectivity index (χ1) is 64.5. The quantitative estimate of drug-likeness (QED) is 0.00873. The van der Waals surface area contributed by atoms with Crippen molar-refractivity contribution in [2.24, 2.45) is 22.9 Å². The van der Waals surface area contributed by atoms with Crippen molar-refractivity contribution in [3.8, 4) is 56.4 Å². The molecule has 1 aliphatic rings. The number of hydrogen-bond acceptors (Lipinski definition) is 21. The summed E-state index contributed by atoms with van der Waals surface area (Å²) in [5.74, 6) is -0.371. The number of carboxylic acids is 2. The second-order valence-corrected chi connectivity index (χ2v) is 33.0. The third-order valence-electron chi connectivity index (χ3n) is 22.0. The number of para-hydroxylation sites is 4. The summed E-state index contributed by atoms with van der Waals surface area (Å²) in [5, 5.41) is 44.4. The number of amides is 1. The number of aliphatic carboxylic acids is 2. The predicted octanol–water partition coefficient (Wildman–Crippen LogP) is 17.5. The minimum absolute atomic E-state index is 0. The standard InChI is InChI=1S/C26H24N2O4.C25H29BO6.C24H20N2O4.C24H19NO5.C7H7BrN2.ClH.Li.H2O/c1-2-30-24(29)15-19-6-3-4-9-23(19)32-16-17-12-20-10-11-31-25(20)22(13-17)18-7-5-8-21(14-18)26(27)28;1-6-28-22(27)15-18-9-7-8-10-21(18)30-16-17-13-19-11-12-29-23(19)20(14-17)26-31-24(2,3)25(4,5)32-26;25-24(26)19-6-3-5-16(12-19)20-11-15(10-18-8-9-29-23(18)20)14-30-21-7-2-1-4-17(21)13-22(27)28;25-24(28)19-6-3-5-16(12-19)20-11-15(10-18-8-9-29-23(18)20)14-30-21-7-2-1-4-17(21)13-22(26)27;8-6-3-1-2-5(4-6)7(9)10;;;/h3-14H,2,15-16H2,1H3,(H3,27,28);7-14H,6,15-16H2,1-5H3;1-12H,13-14H2,(H3,25,26)(H,27,28);1-12H,13-14H2,(H2,25,28)(H,26,27);1-4H,(H3,9,10);1H;;1H2/q;;;;;;+1;/p-1. The fourth-order valence-corrected chi connectivity index (χ4v) is 15.2. The minimum Gasteiger partial charge on any atom is -0.870 e. The van der Waals surface area contributed by atoms with Gasteiger partial charge in [-0.05, 0) is 208 Å². The SMILES string of the molecule is CCOC(=O)Cc1ccccc1OCc1cc(-c2cccc(C(=N)N)c2)c2occc2c1.CCOC(=O)Cc1ccccc1OCc1cc(B2OC(C)(C)C(C)(C)O2)c2occc2c1.Cl.N=C(N)c1cccc(-c2cc(COc3ccccc3CC(=O)O)cc3ccoc23)c1.N=C(N)c1cccc(Br)c1.NC(=O)c1cccc(-c2cc(COc3ccccc3CC(=O)O)cc3ccoc23)c1.[Li+].[OH-]. The van der Waals surface area contributed by atoms with E-state index in [9.17, 15) is 24.0 Å². The maximum atomic E-state index is 11.9. The molecule has 137 heavy (non-hydrogen) atoms. The molecule has 0 saturated carbocycles. The zero-order valence-electron chi connectivity index (χ0n) is 76.2. The summed E-state index contributed by atoms with van der Waals surface area (Å²) in [4.78, 5) is 57.6. The first-order valence-electron chi connectivity index (χ1n) is 42.8. The van der Waals surface area contributed by atoms with E-state index in [2.05, 4.69) is 15.9 Å². The average Bonchev–Trinajstić information content (AvgIpc) is 1.60. The summed E-state index contributed by atoms with van der Waals surface area (Å²) in [6.45, 7) is 13.6. The van der Waals surface area contributed by atoms with Crippen molar-refractivity contribution >= 4 is 132 Å². The van der Waals surface area contributed by atoms with Gasteiger partial charge in [-0.15, -0.1) is 12.4 Å². The van der Waals surface area contributed by atoms with Gasteiger partial charge >= 0.3 is 49.9 Å². The Kier molecular flexibility index (Phi) is 36.7. The Hall–Kier alpha value is -14.9. The number of benzene rings is 12. The molecule has 12 aromatic carbocycles. The van der Waals surface area contributed by atoms with E-state index in [1.165, 1.54) is 0 Å². The molecule has 1 aliphatic heterocycles. The van der Waals surface area contributed by atoms with Crippen molar-refractivity contribution < 1.29 is 114 Å². The average molecular weight is 1930 g/mol. The molecule has 17 rings (SSSR count). The van der Waals surface area contributed by atoms with Gasteiger partial charge in [-0.25, -0.2) is 0 Å². The number of carboxylic acid groups (broad SMARTS) is 2. The molecule has 1 amide bonds. The first kappa shape index (κ1) is 104. The number of furan rings is 4. The van der Waals surface area contributed by atoms with Crippen molar-refractivity contribution in [1.82, 2.24) is 0 Å². The molecular formula is C106H101BBrClLiN7O20. The fourth-order valence-electron chi connectivity index (χ4n) is 14.8. The van der Waals surface area contributed by atoms with Gasteiger partial charge in [0.05, 0.1) is 75.2 Å². The maximum Gasteiger partial charge on any atom is 1.00 e. The summed E-state index contributed by atoms with van der Waals surface area (Å²) in [6.07, 6.45) is 6.69. The molecule has 698 valence electrons. The van der Waals surface area contributed by atoms with E-state index in [0.717, 1.165) is 121 Å². The predicted molar refractivity (Wildman–Crippen MR) is 528 cm³/mol. The van der Waals surface area contributed by atoms with Crippen LogP contribution >= 0.6 is 28.3 Å². The molecule has 1 saturated heterocycles. The Balaban J connectivity index is 0.000000181. The summed E-state index contributed by atoms with van der Waals surface area (Å²) in [6, 6.07) is 82.0. The summed E-state index contributed by atoms with van der Waals surface area (Å²) in [5.41, 5.74) is 39.0. The Morgan fingerprint density at radius 1 is 0.372 bits per heavy atom. The number of ether oxygens (including phenoxy) is 6. The van der Waals surface area contributed by atoms with Crippen LogP contribution in [0.5, 0.6) is 23.0 Å². The topological polar surface area (TPSA) is 458 Å². The Labute approximate surface area is 817 Å². The third kappa shape index (κ3) is 27.4. The number of amidine groups is 3. The third-order valence-corrected chi connectivity index (χ3v) is 22.5. The molecule has 1 fully saturated rings. The maximum absolute atomic E-state index is 11.9. The van der Waals surface area contributed by atoms with Crippen LogP contribution < -0.4 is 66.2 Å². The van der Waals surface area contributed by atoms with Gasteiger partial charge in [0, 0.05) is 92.7 Å². The van der Waals surface area contributed by atoms with Crippen LogP contribution in [0.2, 0.25) is 0 Å². The number of nitrogens with one attached hydrogen (secondary N) is 3. The number of nitrogens with two attached hydrogens (primary N) is 4. The number of carbonyl (C=O) groups is 5. The normalized spacial score (nSPS) is 11.9. The van der Waals surface area contributed by atoms with Crippen LogP contribution in [0.15, 0.2) is 314 Å². The van der Waals surface area contributed by atoms with Crippen molar-refractivity contribution in [3.63, 3.8) is 0 Å². The first-order valence-corrected chi connectivity index (χ1v) is 43.6. The minimum atomic E-state index is -0.914. The van der Waals surface area contributed by atoms with Gasteiger partial charge in [0.1, 0.15) is 89.3 Å². The molecule has 14 N–H and O–H groups in total. The van der Waals surface area contributed by atoms with Gasteiger partial charge in [0.25, 0.3) is 0 Å². The molecule has 5 heterocycles. The summed E-state index contributed by atoms with van der Waals surface area (Å²) < 4.78 is 70.5. The molecule has 31 heteroatoms. The van der Waals surface area contributed by atoms with Crippen LogP contribution in [-0.2, 0) is 90.1 Å². The van der Waals surface area contributed by atoms with Crippen molar-refractivity contribution in [2.75, 3.05) is 13.2 Å². The Morgan fingerprint density at radius 3 is 0.978 bits per heavy atom. The van der Waals surface area contributed by atoms with Crippen LogP contribution in [0.25, 0.3) is 77.3 Å². The van der Waals surface area contributed by atoms with Crippen LogP contribution in [0.1, 0.15) is 113 Å². The number of rotatable bonds is 30. The van der Waals surface area contributed by atoms with Gasteiger partial charge in [-0.1, -0.05) is 155 Å². The molecule has 0 aliphatic carbocycles. The molecule has 0 bridgehead atoms. The zero-order valence-corrected chi connectivity index (χ0v) is 78.6. The van der Waals surface area contributed by atoms with Gasteiger partial charge in [0.2, 0.25) is 5.91 Å². The van der Waals surface area contributed by atoms with E-state index in [4.69, 9.17) is 105 Å². The molecule has 0 unspecified atom stereocenters. The number of fused-ring (bicyclic) bond motifs is 4. The number of nitrogen functional groups attached to an aromatic ring is 3. The summed E-state index contributed by atoms with van der Waals surface area (Å²) in [7, 11) is -0.537. The largest absolute Gasteiger partial charge is 1.00 e. The van der Waals surface area contributed by atoms with Crippen LogP contribution in [0, 0.1) is 16.2 Å². The van der Waals surface area contributed by atoms with Crippen LogP contribution in [0.3, 0.4) is 0 Å². The van der Waals surface area contributed by atoms with E-state index < -0.39 is 36.2 Å². The number of halogens is 2. The number of hydrogen-bond donors (Lipinski definition) is 9.